The Hall–Kier alpha value is -1.95. The Morgan fingerprint density at radius 2 is 2.13 bits per heavy atom. The fourth-order valence-corrected chi connectivity index (χ4v) is 3.11. The summed E-state index contributed by atoms with van der Waals surface area (Å²) in [5.74, 6) is 0.273. The highest BCUT2D eigenvalue weighted by Crippen LogP contribution is 2.26. The van der Waals surface area contributed by atoms with Crippen LogP contribution in [0.15, 0.2) is 24.3 Å². The van der Waals surface area contributed by atoms with E-state index in [1.54, 1.807) is 12.1 Å². The Balaban J connectivity index is 1.47. The van der Waals surface area contributed by atoms with Gasteiger partial charge in [-0.25, -0.2) is 4.79 Å². The minimum atomic E-state index is 0.00804. The Bertz CT molecular complexity index is 550. The molecule has 126 valence electrons. The summed E-state index contributed by atoms with van der Waals surface area (Å²) in [7, 11) is 0. The normalized spacial score (nSPS) is 24.7. The third-order valence-corrected chi connectivity index (χ3v) is 4.73. The van der Waals surface area contributed by atoms with Crippen molar-refractivity contribution in [1.82, 2.24) is 10.2 Å². The molecule has 1 aromatic carbocycles. The fraction of sp³-hybridized carbons (Fsp3) is 0.588. The number of rotatable bonds is 3. The van der Waals surface area contributed by atoms with E-state index >= 15 is 0 Å². The molecule has 23 heavy (non-hydrogen) atoms. The molecule has 2 saturated heterocycles. The largest absolute Gasteiger partial charge is 0.508 e. The first-order chi connectivity index (χ1) is 11.1. The second kappa shape index (κ2) is 6.66. The summed E-state index contributed by atoms with van der Waals surface area (Å²) in [5.41, 5.74) is 1.07. The number of carbonyl (C=O) groups is 1. The zero-order valence-electron chi connectivity index (χ0n) is 13.6. The Morgan fingerprint density at radius 1 is 1.35 bits per heavy atom. The first kappa shape index (κ1) is 15.9. The third kappa shape index (κ3) is 3.88. The number of benzene rings is 1. The monoisotopic (exact) mass is 319 g/mol. The van der Waals surface area contributed by atoms with Gasteiger partial charge in [0.25, 0.3) is 0 Å². The molecular weight excluding hydrogens is 294 g/mol. The highest BCUT2D eigenvalue weighted by Gasteiger charge is 2.31. The van der Waals surface area contributed by atoms with Gasteiger partial charge in [0.15, 0.2) is 0 Å². The first-order valence-corrected chi connectivity index (χ1v) is 8.20. The van der Waals surface area contributed by atoms with Gasteiger partial charge < -0.3 is 25.0 Å². The van der Waals surface area contributed by atoms with Crippen molar-refractivity contribution in [3.8, 4) is 5.75 Å². The van der Waals surface area contributed by atoms with E-state index in [9.17, 15) is 9.90 Å². The van der Waals surface area contributed by atoms with Crippen LogP contribution in [0.3, 0.4) is 0 Å². The van der Waals surface area contributed by atoms with Gasteiger partial charge in [-0.05, 0) is 18.6 Å². The van der Waals surface area contributed by atoms with Crippen LogP contribution in [0.25, 0.3) is 0 Å². The average Bonchev–Trinajstić information content (AvgIpc) is 3.00. The van der Waals surface area contributed by atoms with Gasteiger partial charge in [-0.3, -0.25) is 0 Å². The highest BCUT2D eigenvalue weighted by molar-refractivity contribution is 5.74. The smallest absolute Gasteiger partial charge is 0.317 e. The summed E-state index contributed by atoms with van der Waals surface area (Å²) in [4.78, 5) is 16.4. The quantitative estimate of drug-likeness (QED) is 0.889. The molecule has 2 aliphatic heterocycles. The maximum absolute atomic E-state index is 12.3. The number of phenolic OH excluding ortho intramolecular Hbond substituents is 1. The van der Waals surface area contributed by atoms with E-state index in [1.165, 1.54) is 0 Å². The number of piperazine rings is 1. The lowest BCUT2D eigenvalue weighted by atomic mass is 9.90. The molecule has 3 rings (SSSR count). The van der Waals surface area contributed by atoms with E-state index in [4.69, 9.17) is 4.74 Å². The summed E-state index contributed by atoms with van der Waals surface area (Å²) < 4.78 is 5.42. The minimum Gasteiger partial charge on any atom is -0.508 e. The fourth-order valence-electron chi connectivity index (χ4n) is 3.11. The van der Waals surface area contributed by atoms with Crippen LogP contribution in [0.5, 0.6) is 5.75 Å². The SMILES string of the molecule is CC1(CNC(=O)N2CCN(c3cccc(O)c3)CC2)CCOC1. The Morgan fingerprint density at radius 3 is 2.78 bits per heavy atom. The number of hydrogen-bond acceptors (Lipinski definition) is 4. The molecule has 2 aliphatic rings. The van der Waals surface area contributed by atoms with E-state index in [-0.39, 0.29) is 17.2 Å². The molecule has 0 saturated carbocycles. The second-order valence-electron chi connectivity index (χ2n) is 6.77. The van der Waals surface area contributed by atoms with Crippen molar-refractivity contribution >= 4 is 11.7 Å². The summed E-state index contributed by atoms with van der Waals surface area (Å²) in [6, 6.07) is 7.26. The number of ether oxygens (including phenoxy) is 1. The molecule has 2 amide bonds. The molecule has 1 aromatic rings. The summed E-state index contributed by atoms with van der Waals surface area (Å²) >= 11 is 0. The number of nitrogens with zero attached hydrogens (tertiary/aromatic N) is 2. The van der Waals surface area contributed by atoms with Crippen molar-refractivity contribution < 1.29 is 14.6 Å². The highest BCUT2D eigenvalue weighted by atomic mass is 16.5. The predicted molar refractivity (Wildman–Crippen MR) is 88.8 cm³/mol. The van der Waals surface area contributed by atoms with E-state index in [0.717, 1.165) is 38.4 Å². The topological polar surface area (TPSA) is 65.0 Å². The standard InChI is InChI=1S/C17H25N3O3/c1-17(5-10-23-13-17)12-18-16(22)20-8-6-19(7-9-20)14-3-2-4-15(21)11-14/h2-4,11,21H,5-10,12-13H2,1H3,(H,18,22). The molecule has 6 heteroatoms. The Labute approximate surface area is 137 Å². The van der Waals surface area contributed by atoms with Crippen molar-refractivity contribution in [3.05, 3.63) is 24.3 Å². The average molecular weight is 319 g/mol. The van der Waals surface area contributed by atoms with E-state index in [0.29, 0.717) is 19.6 Å². The predicted octanol–water partition coefficient (Wildman–Crippen LogP) is 1.65. The van der Waals surface area contributed by atoms with Crippen LogP contribution in [0.4, 0.5) is 10.5 Å². The zero-order valence-corrected chi connectivity index (χ0v) is 13.6. The lowest BCUT2D eigenvalue weighted by Crippen LogP contribution is -2.53. The number of hydrogen-bond donors (Lipinski definition) is 2. The minimum absolute atomic E-state index is 0.00804. The second-order valence-corrected chi connectivity index (χ2v) is 6.77. The van der Waals surface area contributed by atoms with Crippen LogP contribution >= 0.6 is 0 Å². The van der Waals surface area contributed by atoms with Gasteiger partial charge in [0.05, 0.1) is 6.61 Å². The van der Waals surface area contributed by atoms with Gasteiger partial charge in [0, 0.05) is 56.5 Å². The maximum Gasteiger partial charge on any atom is 0.317 e. The number of aromatic hydroxyl groups is 1. The van der Waals surface area contributed by atoms with Gasteiger partial charge >= 0.3 is 6.03 Å². The van der Waals surface area contributed by atoms with Crippen molar-refractivity contribution in [2.45, 2.75) is 13.3 Å². The maximum atomic E-state index is 12.3. The number of phenols is 1. The van der Waals surface area contributed by atoms with Gasteiger partial charge in [-0.15, -0.1) is 0 Å². The molecule has 0 aromatic heterocycles. The number of anilines is 1. The van der Waals surface area contributed by atoms with Crippen LogP contribution in [0, 0.1) is 5.41 Å². The van der Waals surface area contributed by atoms with Gasteiger partial charge in [-0.2, -0.15) is 0 Å². The van der Waals surface area contributed by atoms with Gasteiger partial charge in [0.1, 0.15) is 5.75 Å². The molecule has 0 aliphatic carbocycles. The molecule has 2 fully saturated rings. The Kier molecular flexibility index (Phi) is 4.61. The molecular formula is C17H25N3O3. The van der Waals surface area contributed by atoms with E-state index in [1.807, 2.05) is 17.0 Å². The number of urea groups is 1. The molecule has 1 unspecified atom stereocenters. The van der Waals surface area contributed by atoms with Crippen LogP contribution < -0.4 is 10.2 Å². The molecule has 2 N–H and O–H groups in total. The molecule has 0 bridgehead atoms. The molecule has 6 nitrogen and oxygen atoms in total. The van der Waals surface area contributed by atoms with E-state index in [2.05, 4.69) is 17.1 Å². The van der Waals surface area contributed by atoms with E-state index < -0.39 is 0 Å². The van der Waals surface area contributed by atoms with Crippen molar-refractivity contribution in [1.29, 1.82) is 0 Å². The molecule has 1 atom stereocenters. The molecule has 0 radical (unpaired) electrons. The number of carbonyl (C=O) groups excluding carboxylic acids is 1. The molecule has 2 heterocycles. The van der Waals surface area contributed by atoms with Crippen LogP contribution in [-0.2, 0) is 4.74 Å². The van der Waals surface area contributed by atoms with Crippen LogP contribution in [0.1, 0.15) is 13.3 Å². The van der Waals surface area contributed by atoms with Crippen LogP contribution in [0.2, 0.25) is 0 Å². The lowest BCUT2D eigenvalue weighted by Gasteiger charge is -2.36. The molecule has 0 spiro atoms. The van der Waals surface area contributed by atoms with Gasteiger partial charge in [0.2, 0.25) is 0 Å². The first-order valence-electron chi connectivity index (χ1n) is 8.20. The van der Waals surface area contributed by atoms with Crippen molar-refractivity contribution in [2.75, 3.05) is 50.8 Å². The number of amides is 2. The third-order valence-electron chi connectivity index (χ3n) is 4.73. The van der Waals surface area contributed by atoms with Crippen molar-refractivity contribution in [2.24, 2.45) is 5.41 Å². The zero-order chi connectivity index (χ0) is 16.3. The van der Waals surface area contributed by atoms with Crippen molar-refractivity contribution in [3.63, 3.8) is 0 Å². The van der Waals surface area contributed by atoms with Gasteiger partial charge in [-0.1, -0.05) is 13.0 Å². The van der Waals surface area contributed by atoms with Crippen LogP contribution in [-0.4, -0.2) is 62.0 Å². The summed E-state index contributed by atoms with van der Waals surface area (Å²) in [6.07, 6.45) is 0.999. The summed E-state index contributed by atoms with van der Waals surface area (Å²) in [5, 5.41) is 12.6. The number of nitrogens with one attached hydrogen (secondary N) is 1. The summed E-state index contributed by atoms with van der Waals surface area (Å²) in [6.45, 7) is 7.25. The lowest BCUT2D eigenvalue weighted by molar-refractivity contribution is 0.154.